The van der Waals surface area contributed by atoms with Gasteiger partial charge in [0.2, 0.25) is 0 Å². The minimum absolute atomic E-state index is 0.398. The number of nitrogen functional groups attached to an aromatic ring is 1. The highest BCUT2D eigenvalue weighted by Gasteiger charge is 2.13. The number of aromatic nitrogens is 1. The molecule has 0 aromatic carbocycles. The molecular weight excluding hydrogens is 230 g/mol. The van der Waals surface area contributed by atoms with E-state index in [2.05, 4.69) is 41.4 Å². The Morgan fingerprint density at radius 3 is 2.88 bits per heavy atom. The van der Waals surface area contributed by atoms with Gasteiger partial charge in [0.05, 0.1) is 0 Å². The van der Waals surface area contributed by atoms with E-state index >= 15 is 0 Å². The summed E-state index contributed by atoms with van der Waals surface area (Å²) in [5.41, 5.74) is 6.93. The number of thiophene rings is 1. The van der Waals surface area contributed by atoms with E-state index in [0.717, 1.165) is 12.1 Å². The molecule has 0 spiro atoms. The lowest BCUT2D eigenvalue weighted by Gasteiger charge is -2.24. The largest absolute Gasteiger partial charge is 0.383 e. The van der Waals surface area contributed by atoms with Crippen LogP contribution >= 0.6 is 11.3 Å². The molecule has 0 saturated heterocycles. The lowest BCUT2D eigenvalue weighted by Crippen LogP contribution is -2.22. The zero-order valence-corrected chi connectivity index (χ0v) is 10.9. The predicted molar refractivity (Wildman–Crippen MR) is 72.9 cm³/mol. The topological polar surface area (TPSA) is 42.2 Å². The van der Waals surface area contributed by atoms with Crippen molar-refractivity contribution in [3.63, 3.8) is 0 Å². The smallest absolute Gasteiger partial charge is 0.127 e. The molecule has 3 nitrogen and oxygen atoms in total. The Hall–Kier alpha value is -1.39. The van der Waals surface area contributed by atoms with Crippen molar-refractivity contribution in [1.82, 2.24) is 9.88 Å². The van der Waals surface area contributed by atoms with E-state index in [1.165, 1.54) is 4.88 Å². The first-order valence-corrected chi connectivity index (χ1v) is 6.49. The van der Waals surface area contributed by atoms with Crippen LogP contribution in [0.25, 0.3) is 0 Å². The molecule has 0 aliphatic rings. The van der Waals surface area contributed by atoms with Gasteiger partial charge in [-0.2, -0.15) is 0 Å². The Morgan fingerprint density at radius 1 is 1.41 bits per heavy atom. The standard InChI is InChI=1S/C13H17N3S/c1-10(12-6-4-8-17-12)16(2)9-11-5-3-7-15-13(11)14/h3-8,10H,9H2,1-2H3,(H2,14,15). The van der Waals surface area contributed by atoms with Crippen molar-refractivity contribution in [3.05, 3.63) is 46.3 Å². The van der Waals surface area contributed by atoms with Crippen LogP contribution in [-0.2, 0) is 6.54 Å². The summed E-state index contributed by atoms with van der Waals surface area (Å²) in [5.74, 6) is 0.623. The average Bonchev–Trinajstić information content (AvgIpc) is 2.84. The molecule has 0 fully saturated rings. The normalized spacial score (nSPS) is 12.9. The van der Waals surface area contributed by atoms with Crippen LogP contribution in [-0.4, -0.2) is 16.9 Å². The van der Waals surface area contributed by atoms with Crippen LogP contribution in [0.2, 0.25) is 0 Å². The van der Waals surface area contributed by atoms with Gasteiger partial charge in [0.1, 0.15) is 5.82 Å². The number of nitrogens with zero attached hydrogens (tertiary/aromatic N) is 2. The Bertz CT molecular complexity index is 467. The summed E-state index contributed by atoms with van der Waals surface area (Å²) in [4.78, 5) is 7.76. The average molecular weight is 247 g/mol. The summed E-state index contributed by atoms with van der Waals surface area (Å²) in [7, 11) is 2.11. The molecule has 2 aromatic heterocycles. The highest BCUT2D eigenvalue weighted by atomic mass is 32.1. The van der Waals surface area contributed by atoms with Gasteiger partial charge >= 0.3 is 0 Å². The fourth-order valence-electron chi connectivity index (χ4n) is 1.74. The SMILES string of the molecule is CC(c1cccs1)N(C)Cc1cccnc1N. The summed E-state index contributed by atoms with van der Waals surface area (Å²) in [6.45, 7) is 3.02. The minimum Gasteiger partial charge on any atom is -0.383 e. The van der Waals surface area contributed by atoms with Crippen molar-refractivity contribution < 1.29 is 0 Å². The number of anilines is 1. The molecule has 1 unspecified atom stereocenters. The quantitative estimate of drug-likeness (QED) is 0.903. The second-order valence-electron chi connectivity index (χ2n) is 4.15. The predicted octanol–water partition coefficient (Wildman–Crippen LogP) is 2.92. The molecule has 90 valence electrons. The molecule has 0 amide bonds. The van der Waals surface area contributed by atoms with Gasteiger partial charge in [0, 0.05) is 29.2 Å². The molecule has 1 atom stereocenters. The molecule has 0 bridgehead atoms. The van der Waals surface area contributed by atoms with Gasteiger partial charge < -0.3 is 5.73 Å². The molecule has 2 rings (SSSR count). The lowest BCUT2D eigenvalue weighted by molar-refractivity contribution is 0.256. The van der Waals surface area contributed by atoms with Crippen molar-refractivity contribution in [2.75, 3.05) is 12.8 Å². The maximum absolute atomic E-state index is 5.85. The molecule has 2 heterocycles. The minimum atomic E-state index is 0.398. The lowest BCUT2D eigenvalue weighted by atomic mass is 10.2. The second-order valence-corrected chi connectivity index (χ2v) is 5.13. The third kappa shape index (κ3) is 2.84. The molecule has 0 aliphatic heterocycles. The Labute approximate surface area is 106 Å². The first kappa shape index (κ1) is 12.1. The van der Waals surface area contributed by atoms with Gasteiger partial charge in [-0.25, -0.2) is 4.98 Å². The van der Waals surface area contributed by atoms with Gasteiger partial charge in [-0.1, -0.05) is 12.1 Å². The number of rotatable bonds is 4. The van der Waals surface area contributed by atoms with E-state index in [-0.39, 0.29) is 0 Å². The molecular formula is C13H17N3S. The molecule has 0 radical (unpaired) electrons. The molecule has 2 N–H and O–H groups in total. The molecule has 17 heavy (non-hydrogen) atoms. The third-order valence-corrected chi connectivity index (χ3v) is 4.00. The van der Waals surface area contributed by atoms with Crippen molar-refractivity contribution >= 4 is 17.2 Å². The summed E-state index contributed by atoms with van der Waals surface area (Å²) in [6, 6.07) is 8.60. The van der Waals surface area contributed by atoms with Gasteiger partial charge in [-0.05, 0) is 31.5 Å². The summed E-state index contributed by atoms with van der Waals surface area (Å²) < 4.78 is 0. The molecule has 0 aliphatic carbocycles. The van der Waals surface area contributed by atoms with Crippen LogP contribution in [0.3, 0.4) is 0 Å². The van der Waals surface area contributed by atoms with E-state index in [1.54, 1.807) is 17.5 Å². The van der Waals surface area contributed by atoms with Crippen LogP contribution in [0.1, 0.15) is 23.4 Å². The Morgan fingerprint density at radius 2 is 2.24 bits per heavy atom. The van der Waals surface area contributed by atoms with E-state index in [9.17, 15) is 0 Å². The zero-order valence-electron chi connectivity index (χ0n) is 10.1. The van der Waals surface area contributed by atoms with Crippen molar-refractivity contribution in [2.45, 2.75) is 19.5 Å². The van der Waals surface area contributed by atoms with Crippen LogP contribution in [0.15, 0.2) is 35.8 Å². The van der Waals surface area contributed by atoms with Gasteiger partial charge in [0.25, 0.3) is 0 Å². The third-order valence-electron chi connectivity index (χ3n) is 2.96. The maximum Gasteiger partial charge on any atom is 0.127 e. The van der Waals surface area contributed by atoms with Gasteiger partial charge in [-0.3, -0.25) is 4.90 Å². The van der Waals surface area contributed by atoms with Crippen molar-refractivity contribution in [1.29, 1.82) is 0 Å². The van der Waals surface area contributed by atoms with Gasteiger partial charge in [-0.15, -0.1) is 11.3 Å². The number of pyridine rings is 1. The summed E-state index contributed by atoms with van der Waals surface area (Å²) in [6.07, 6.45) is 1.72. The summed E-state index contributed by atoms with van der Waals surface area (Å²) >= 11 is 1.79. The van der Waals surface area contributed by atoms with E-state index in [4.69, 9.17) is 5.73 Å². The van der Waals surface area contributed by atoms with E-state index in [0.29, 0.717) is 11.9 Å². The van der Waals surface area contributed by atoms with Crippen LogP contribution < -0.4 is 5.73 Å². The Kier molecular flexibility index (Phi) is 3.76. The van der Waals surface area contributed by atoms with E-state index in [1.807, 2.05) is 12.1 Å². The summed E-state index contributed by atoms with van der Waals surface area (Å²) in [5, 5.41) is 2.11. The first-order chi connectivity index (χ1) is 8.18. The molecule has 0 saturated carbocycles. The fourth-order valence-corrected chi connectivity index (χ4v) is 2.58. The highest BCUT2D eigenvalue weighted by molar-refractivity contribution is 7.10. The molecule has 4 heteroatoms. The number of hydrogen-bond acceptors (Lipinski definition) is 4. The van der Waals surface area contributed by atoms with Gasteiger partial charge in [0.15, 0.2) is 0 Å². The van der Waals surface area contributed by atoms with E-state index < -0.39 is 0 Å². The van der Waals surface area contributed by atoms with Crippen LogP contribution in [0.4, 0.5) is 5.82 Å². The number of hydrogen-bond donors (Lipinski definition) is 1. The number of nitrogens with two attached hydrogens (primary N) is 1. The van der Waals surface area contributed by atoms with Crippen molar-refractivity contribution in [2.24, 2.45) is 0 Å². The molecule has 2 aromatic rings. The van der Waals surface area contributed by atoms with Crippen LogP contribution in [0, 0.1) is 0 Å². The highest BCUT2D eigenvalue weighted by Crippen LogP contribution is 2.25. The monoisotopic (exact) mass is 247 g/mol. The Balaban J connectivity index is 2.07. The van der Waals surface area contributed by atoms with Crippen molar-refractivity contribution in [3.8, 4) is 0 Å². The first-order valence-electron chi connectivity index (χ1n) is 5.61. The maximum atomic E-state index is 5.85. The second kappa shape index (κ2) is 5.29. The van der Waals surface area contributed by atoms with Crippen LogP contribution in [0.5, 0.6) is 0 Å². The fraction of sp³-hybridized carbons (Fsp3) is 0.308. The zero-order chi connectivity index (χ0) is 12.3.